The molecule has 2 rings (SSSR count). The molecule has 0 heteroatoms. The van der Waals surface area contributed by atoms with Gasteiger partial charge in [0.2, 0.25) is 0 Å². The lowest BCUT2D eigenvalue weighted by atomic mass is 9.82. The van der Waals surface area contributed by atoms with E-state index in [4.69, 9.17) is 0 Å². The molecule has 1 aliphatic rings. The molecular formula is C15H20. The summed E-state index contributed by atoms with van der Waals surface area (Å²) in [5.41, 5.74) is 4.58. The molecular weight excluding hydrogens is 180 g/mol. The van der Waals surface area contributed by atoms with Gasteiger partial charge in [-0.2, -0.15) is 0 Å². The second-order valence-corrected chi connectivity index (χ2v) is 5.58. The lowest BCUT2D eigenvalue weighted by Crippen LogP contribution is -2.14. The molecule has 0 N–H and O–H groups in total. The van der Waals surface area contributed by atoms with Crippen LogP contribution in [0.1, 0.15) is 56.2 Å². The fourth-order valence-corrected chi connectivity index (χ4v) is 2.12. The van der Waals surface area contributed by atoms with Crippen LogP contribution in [-0.2, 0) is 5.41 Å². The van der Waals surface area contributed by atoms with E-state index < -0.39 is 0 Å². The van der Waals surface area contributed by atoms with Gasteiger partial charge in [0.25, 0.3) is 0 Å². The van der Waals surface area contributed by atoms with Crippen molar-refractivity contribution in [2.45, 2.75) is 44.9 Å². The fraction of sp³-hybridized carbons (Fsp3) is 0.467. The van der Waals surface area contributed by atoms with E-state index in [1.54, 1.807) is 5.56 Å². The molecule has 80 valence electrons. The van der Waals surface area contributed by atoms with Crippen LogP contribution in [0.5, 0.6) is 0 Å². The highest BCUT2D eigenvalue weighted by Crippen LogP contribution is 2.44. The van der Waals surface area contributed by atoms with Gasteiger partial charge in [-0.05, 0) is 40.9 Å². The van der Waals surface area contributed by atoms with Crippen LogP contribution in [0.4, 0.5) is 0 Å². The zero-order chi connectivity index (χ0) is 11.1. The zero-order valence-corrected chi connectivity index (χ0v) is 10.0. The maximum atomic E-state index is 3.84. The smallest absolute Gasteiger partial charge is 0.0129 e. The van der Waals surface area contributed by atoms with Crippen molar-refractivity contribution in [1.29, 1.82) is 0 Å². The second-order valence-electron chi connectivity index (χ2n) is 5.58. The Morgan fingerprint density at radius 3 is 2.40 bits per heavy atom. The predicted molar refractivity (Wildman–Crippen MR) is 67.2 cm³/mol. The summed E-state index contributed by atoms with van der Waals surface area (Å²) in [4.78, 5) is 0. The Hall–Kier alpha value is -1.04. The van der Waals surface area contributed by atoms with E-state index in [-0.39, 0.29) is 5.41 Å². The third kappa shape index (κ3) is 2.14. The molecule has 0 spiro atoms. The number of hydrogen-bond acceptors (Lipinski definition) is 0. The largest absolute Gasteiger partial charge is 0.0985 e. The predicted octanol–water partition coefficient (Wildman–Crippen LogP) is 4.50. The Balaban J connectivity index is 2.49. The first-order valence-corrected chi connectivity index (χ1v) is 5.79. The van der Waals surface area contributed by atoms with E-state index in [9.17, 15) is 0 Å². The van der Waals surface area contributed by atoms with Gasteiger partial charge in [-0.15, -0.1) is 0 Å². The van der Waals surface area contributed by atoms with Crippen LogP contribution in [0.2, 0.25) is 0 Å². The fourth-order valence-electron chi connectivity index (χ4n) is 2.12. The normalized spacial score (nSPS) is 16.5. The Bertz CT molecular complexity index is 376. The third-order valence-electron chi connectivity index (χ3n) is 3.14. The molecule has 1 aliphatic carbocycles. The Morgan fingerprint density at radius 1 is 1.27 bits per heavy atom. The van der Waals surface area contributed by atoms with Crippen molar-refractivity contribution >= 4 is 6.08 Å². The molecule has 0 unspecified atom stereocenters. The molecule has 0 bridgehead atoms. The van der Waals surface area contributed by atoms with Crippen molar-refractivity contribution in [2.75, 3.05) is 0 Å². The molecule has 0 amide bonds. The third-order valence-corrected chi connectivity index (χ3v) is 3.14. The number of hydrogen-bond donors (Lipinski definition) is 0. The second kappa shape index (κ2) is 3.52. The minimum atomic E-state index is 0.262. The summed E-state index contributed by atoms with van der Waals surface area (Å²) in [6.07, 6.45) is 4.67. The van der Waals surface area contributed by atoms with Crippen molar-refractivity contribution in [1.82, 2.24) is 0 Å². The first-order valence-electron chi connectivity index (χ1n) is 5.79. The highest BCUT2D eigenvalue weighted by Gasteiger charge is 2.29. The minimum Gasteiger partial charge on any atom is -0.0985 e. The van der Waals surface area contributed by atoms with Crippen LogP contribution in [0.3, 0.4) is 0 Å². The monoisotopic (exact) mass is 200 g/mol. The summed E-state index contributed by atoms with van der Waals surface area (Å²) in [5.74, 6) is 0.819. The van der Waals surface area contributed by atoms with Gasteiger partial charge in [0.1, 0.15) is 0 Å². The summed E-state index contributed by atoms with van der Waals surface area (Å²) in [7, 11) is 0. The van der Waals surface area contributed by atoms with E-state index in [1.807, 2.05) is 6.08 Å². The van der Waals surface area contributed by atoms with E-state index in [2.05, 4.69) is 45.5 Å². The summed E-state index contributed by atoms with van der Waals surface area (Å²) >= 11 is 0. The van der Waals surface area contributed by atoms with Crippen LogP contribution in [0, 0.1) is 0 Å². The highest BCUT2D eigenvalue weighted by atomic mass is 14.3. The lowest BCUT2D eigenvalue weighted by molar-refractivity contribution is 0.582. The Morgan fingerprint density at radius 2 is 1.93 bits per heavy atom. The SMILES string of the molecule is C=Cc1ccc(C(C)(C)C)c(C2CC2)c1. The number of benzene rings is 1. The molecule has 1 aromatic rings. The maximum Gasteiger partial charge on any atom is -0.0129 e. The van der Waals surface area contributed by atoms with Crippen molar-refractivity contribution < 1.29 is 0 Å². The van der Waals surface area contributed by atoms with Crippen molar-refractivity contribution in [3.63, 3.8) is 0 Å². The molecule has 0 saturated heterocycles. The standard InChI is InChI=1S/C15H20/c1-5-11-6-9-14(15(2,3)4)13(10-11)12-7-8-12/h5-6,9-10,12H,1,7-8H2,2-4H3. The first kappa shape index (κ1) is 10.5. The van der Waals surface area contributed by atoms with Crippen LogP contribution in [0.15, 0.2) is 24.8 Å². The van der Waals surface area contributed by atoms with E-state index in [0.717, 1.165) is 5.92 Å². The van der Waals surface area contributed by atoms with E-state index >= 15 is 0 Å². The molecule has 0 aliphatic heterocycles. The van der Waals surface area contributed by atoms with Crippen LogP contribution >= 0.6 is 0 Å². The van der Waals surface area contributed by atoms with Crippen LogP contribution in [-0.4, -0.2) is 0 Å². The molecule has 1 aromatic carbocycles. The van der Waals surface area contributed by atoms with Gasteiger partial charge in [-0.3, -0.25) is 0 Å². The van der Waals surface area contributed by atoms with Crippen LogP contribution in [0.25, 0.3) is 6.08 Å². The maximum absolute atomic E-state index is 3.84. The molecule has 0 heterocycles. The van der Waals surface area contributed by atoms with Gasteiger partial charge >= 0.3 is 0 Å². The van der Waals surface area contributed by atoms with Crippen molar-refractivity contribution in [3.05, 3.63) is 41.5 Å². The minimum absolute atomic E-state index is 0.262. The van der Waals surface area contributed by atoms with Crippen molar-refractivity contribution in [2.24, 2.45) is 0 Å². The van der Waals surface area contributed by atoms with Crippen molar-refractivity contribution in [3.8, 4) is 0 Å². The van der Waals surface area contributed by atoms with E-state index in [1.165, 1.54) is 24.0 Å². The van der Waals surface area contributed by atoms with Gasteiger partial charge < -0.3 is 0 Å². The van der Waals surface area contributed by atoms with Gasteiger partial charge in [-0.1, -0.05) is 51.6 Å². The first-order chi connectivity index (χ1) is 7.02. The van der Waals surface area contributed by atoms with Gasteiger partial charge in [0, 0.05) is 0 Å². The highest BCUT2D eigenvalue weighted by molar-refractivity contribution is 5.52. The lowest BCUT2D eigenvalue weighted by Gasteiger charge is -2.23. The summed E-state index contributed by atoms with van der Waals surface area (Å²) in [6, 6.07) is 6.79. The van der Waals surface area contributed by atoms with Gasteiger partial charge in [0.05, 0.1) is 0 Å². The number of rotatable bonds is 2. The molecule has 0 radical (unpaired) electrons. The topological polar surface area (TPSA) is 0 Å². The molecule has 0 aromatic heterocycles. The molecule has 0 nitrogen and oxygen atoms in total. The average Bonchev–Trinajstić information content (AvgIpc) is 2.98. The summed E-state index contributed by atoms with van der Waals surface area (Å²) in [6.45, 7) is 10.7. The summed E-state index contributed by atoms with van der Waals surface area (Å²) < 4.78 is 0. The van der Waals surface area contributed by atoms with Gasteiger partial charge in [0.15, 0.2) is 0 Å². The Labute approximate surface area is 93.0 Å². The average molecular weight is 200 g/mol. The summed E-state index contributed by atoms with van der Waals surface area (Å²) in [5, 5.41) is 0. The molecule has 1 saturated carbocycles. The molecule has 15 heavy (non-hydrogen) atoms. The molecule has 1 fully saturated rings. The zero-order valence-electron chi connectivity index (χ0n) is 10.0. The Kier molecular flexibility index (Phi) is 2.46. The van der Waals surface area contributed by atoms with Gasteiger partial charge in [-0.25, -0.2) is 0 Å². The van der Waals surface area contributed by atoms with Crippen LogP contribution < -0.4 is 0 Å². The quantitative estimate of drug-likeness (QED) is 0.659. The van der Waals surface area contributed by atoms with E-state index in [0.29, 0.717) is 0 Å². The molecule has 0 atom stereocenters.